The average molecular weight is 459 g/mol. The monoisotopic (exact) mass is 459 g/mol. The van der Waals surface area contributed by atoms with Crippen molar-refractivity contribution in [3.63, 3.8) is 0 Å². The molecule has 3 N–H and O–H groups in total. The molecule has 3 rings (SSSR count). The Morgan fingerprint density at radius 2 is 1.52 bits per heavy atom. The molecule has 0 aliphatic rings. The summed E-state index contributed by atoms with van der Waals surface area (Å²) in [6, 6.07) is 15.8. The molecule has 0 saturated heterocycles. The number of hydrogen-bond donors (Lipinski definition) is 3. The number of halogens is 3. The number of likely N-dealkylation sites (N-methyl/N-ethyl adjacent to an activating group) is 1. The van der Waals surface area contributed by atoms with E-state index >= 15 is 0 Å². The smallest absolute Gasteiger partial charge is 0.419 e. The minimum atomic E-state index is -4.88. The molecule has 0 radical (unpaired) electrons. The topological polar surface area (TPSA) is 95.9 Å². The molecule has 9 heteroatoms. The van der Waals surface area contributed by atoms with Crippen molar-refractivity contribution in [1.29, 1.82) is 0 Å². The number of ether oxygens (including phenoxy) is 1. The van der Waals surface area contributed by atoms with Crippen molar-refractivity contribution in [1.82, 2.24) is 5.32 Å². The van der Waals surface area contributed by atoms with Crippen LogP contribution in [0.2, 0.25) is 0 Å². The fraction of sp³-hybridized carbons (Fsp3) is 0.167. The van der Waals surface area contributed by atoms with E-state index in [-0.39, 0.29) is 24.5 Å². The van der Waals surface area contributed by atoms with Crippen molar-refractivity contribution in [3.05, 3.63) is 82.9 Å². The van der Waals surface area contributed by atoms with E-state index in [1.165, 1.54) is 0 Å². The summed E-state index contributed by atoms with van der Waals surface area (Å²) in [6.45, 7) is -0.346. The number of amides is 1. The van der Waals surface area contributed by atoms with Gasteiger partial charge in [0.1, 0.15) is 23.7 Å². The molecule has 33 heavy (non-hydrogen) atoms. The van der Waals surface area contributed by atoms with E-state index in [4.69, 9.17) is 4.74 Å². The van der Waals surface area contributed by atoms with Crippen LogP contribution in [0, 0.1) is 0 Å². The van der Waals surface area contributed by atoms with Crippen LogP contribution in [0.4, 0.5) is 13.2 Å². The molecule has 0 aliphatic carbocycles. The third-order valence-electron chi connectivity index (χ3n) is 4.96. The molecule has 0 heterocycles. The number of carbonyl (C=O) groups excluding carboxylic acids is 1. The van der Waals surface area contributed by atoms with Gasteiger partial charge in [-0.1, -0.05) is 42.5 Å². The molecule has 0 fully saturated rings. The standard InChI is InChI=1S/C24H20F3NO5/c1-28-20(29)12-14-2-4-15(5-3-14)16-6-9-18(10-7-16)33-13-17-8-11-19(24(25,26)27)22(30)21(17)23(31)32/h2-11,30H,12-13H2,1H3,(H,28,29)(H,31,32). The third kappa shape index (κ3) is 5.62. The van der Waals surface area contributed by atoms with Crippen LogP contribution in [0.15, 0.2) is 60.7 Å². The van der Waals surface area contributed by atoms with Crippen LogP contribution in [-0.2, 0) is 24.0 Å². The zero-order valence-electron chi connectivity index (χ0n) is 17.4. The fourth-order valence-corrected chi connectivity index (χ4v) is 3.21. The predicted octanol–water partition coefficient (Wildman–Crippen LogP) is 4.64. The average Bonchev–Trinajstić information content (AvgIpc) is 2.77. The first-order valence-corrected chi connectivity index (χ1v) is 9.78. The Morgan fingerprint density at radius 1 is 0.939 bits per heavy atom. The summed E-state index contributed by atoms with van der Waals surface area (Å²) < 4.78 is 44.4. The number of benzene rings is 3. The molecular formula is C24H20F3NO5. The summed E-state index contributed by atoms with van der Waals surface area (Å²) in [6.07, 6.45) is -4.61. The summed E-state index contributed by atoms with van der Waals surface area (Å²) in [5.74, 6) is -2.75. The van der Waals surface area contributed by atoms with Gasteiger partial charge in [0.25, 0.3) is 0 Å². The second-order valence-corrected chi connectivity index (χ2v) is 7.16. The van der Waals surface area contributed by atoms with Gasteiger partial charge in [0.05, 0.1) is 12.0 Å². The Morgan fingerprint density at radius 3 is 2.03 bits per heavy atom. The van der Waals surface area contributed by atoms with Crippen LogP contribution in [0.3, 0.4) is 0 Å². The number of rotatable bonds is 7. The minimum Gasteiger partial charge on any atom is -0.506 e. The highest BCUT2D eigenvalue weighted by Crippen LogP contribution is 2.39. The van der Waals surface area contributed by atoms with Gasteiger partial charge in [0, 0.05) is 12.6 Å². The van der Waals surface area contributed by atoms with Crippen LogP contribution in [-0.4, -0.2) is 29.1 Å². The Bertz CT molecular complexity index is 1160. The van der Waals surface area contributed by atoms with E-state index in [2.05, 4.69) is 5.32 Å². The summed E-state index contributed by atoms with van der Waals surface area (Å²) in [7, 11) is 1.57. The lowest BCUT2D eigenvalue weighted by molar-refractivity contribution is -0.138. The molecule has 172 valence electrons. The van der Waals surface area contributed by atoms with Gasteiger partial charge < -0.3 is 20.3 Å². The molecule has 0 unspecified atom stereocenters. The number of carboxylic acids is 1. The van der Waals surface area contributed by atoms with Crippen molar-refractivity contribution in [2.45, 2.75) is 19.2 Å². The van der Waals surface area contributed by atoms with Crippen LogP contribution in [0.25, 0.3) is 11.1 Å². The Hall–Kier alpha value is -4.01. The second-order valence-electron chi connectivity index (χ2n) is 7.16. The van der Waals surface area contributed by atoms with Crippen LogP contribution < -0.4 is 10.1 Å². The van der Waals surface area contributed by atoms with E-state index in [1.54, 1.807) is 31.3 Å². The quantitative estimate of drug-likeness (QED) is 0.478. The fourth-order valence-electron chi connectivity index (χ4n) is 3.21. The van der Waals surface area contributed by atoms with Gasteiger partial charge in [-0.25, -0.2) is 4.79 Å². The van der Waals surface area contributed by atoms with Gasteiger partial charge in [0.2, 0.25) is 5.91 Å². The van der Waals surface area contributed by atoms with Crippen LogP contribution in [0.5, 0.6) is 11.5 Å². The number of carboxylic acid groups (broad SMARTS) is 1. The number of aromatic carboxylic acids is 1. The van der Waals surface area contributed by atoms with Gasteiger partial charge in [-0.15, -0.1) is 0 Å². The molecule has 0 saturated carbocycles. The summed E-state index contributed by atoms with van der Waals surface area (Å²) in [5, 5.41) is 21.7. The molecule has 3 aromatic rings. The number of aromatic hydroxyl groups is 1. The first-order valence-electron chi connectivity index (χ1n) is 9.78. The van der Waals surface area contributed by atoms with Crippen molar-refractivity contribution in [2.75, 3.05) is 7.05 Å². The van der Waals surface area contributed by atoms with E-state index in [1.807, 2.05) is 24.3 Å². The van der Waals surface area contributed by atoms with E-state index in [9.17, 15) is 33.0 Å². The summed E-state index contributed by atoms with van der Waals surface area (Å²) in [5.41, 5.74) is 0.277. The molecule has 0 spiro atoms. The molecular weight excluding hydrogens is 439 g/mol. The Balaban J connectivity index is 1.73. The molecule has 3 aromatic carbocycles. The highest BCUT2D eigenvalue weighted by Gasteiger charge is 2.36. The number of hydrogen-bond acceptors (Lipinski definition) is 4. The van der Waals surface area contributed by atoms with Crippen molar-refractivity contribution in [3.8, 4) is 22.6 Å². The normalized spacial score (nSPS) is 11.2. The van der Waals surface area contributed by atoms with Crippen LogP contribution >= 0.6 is 0 Å². The maximum Gasteiger partial charge on any atom is 0.419 e. The van der Waals surface area contributed by atoms with Crippen LogP contribution in [0.1, 0.15) is 27.0 Å². The first kappa shape index (κ1) is 23.6. The zero-order valence-corrected chi connectivity index (χ0v) is 17.4. The summed E-state index contributed by atoms with van der Waals surface area (Å²) >= 11 is 0. The molecule has 0 bridgehead atoms. The largest absolute Gasteiger partial charge is 0.506 e. The first-order chi connectivity index (χ1) is 15.6. The van der Waals surface area contributed by atoms with E-state index < -0.39 is 29.0 Å². The third-order valence-corrected chi connectivity index (χ3v) is 4.96. The maximum absolute atomic E-state index is 12.9. The lowest BCUT2D eigenvalue weighted by Crippen LogP contribution is -2.19. The van der Waals surface area contributed by atoms with Gasteiger partial charge >= 0.3 is 12.1 Å². The predicted molar refractivity (Wildman–Crippen MR) is 114 cm³/mol. The van der Waals surface area contributed by atoms with E-state index in [0.717, 1.165) is 22.8 Å². The number of carbonyl (C=O) groups is 2. The van der Waals surface area contributed by atoms with Crippen molar-refractivity contribution >= 4 is 11.9 Å². The zero-order chi connectivity index (χ0) is 24.2. The molecule has 0 atom stereocenters. The number of alkyl halides is 3. The van der Waals surface area contributed by atoms with Gasteiger partial charge in [-0.2, -0.15) is 13.2 Å². The van der Waals surface area contributed by atoms with Crippen molar-refractivity contribution in [2.24, 2.45) is 0 Å². The lowest BCUT2D eigenvalue weighted by atomic mass is 10.0. The second kappa shape index (κ2) is 9.64. The Labute approximate surface area is 187 Å². The Kier molecular flexibility index (Phi) is 6.91. The van der Waals surface area contributed by atoms with Gasteiger partial charge in [0.15, 0.2) is 0 Å². The minimum absolute atomic E-state index is 0.0864. The van der Waals surface area contributed by atoms with Gasteiger partial charge in [-0.05, 0) is 34.9 Å². The van der Waals surface area contributed by atoms with Gasteiger partial charge in [-0.3, -0.25) is 4.79 Å². The SMILES string of the molecule is CNC(=O)Cc1ccc(-c2ccc(OCc3ccc(C(F)(F)F)c(O)c3C(=O)O)cc2)cc1. The maximum atomic E-state index is 12.9. The number of nitrogens with one attached hydrogen (secondary N) is 1. The molecule has 6 nitrogen and oxygen atoms in total. The molecule has 1 amide bonds. The molecule has 0 aliphatic heterocycles. The highest BCUT2D eigenvalue weighted by molar-refractivity contribution is 5.93. The lowest BCUT2D eigenvalue weighted by Gasteiger charge is -2.15. The highest BCUT2D eigenvalue weighted by atomic mass is 19.4. The van der Waals surface area contributed by atoms with E-state index in [0.29, 0.717) is 11.8 Å². The number of phenols is 1. The van der Waals surface area contributed by atoms with Crippen molar-refractivity contribution < 1.29 is 37.7 Å². The summed E-state index contributed by atoms with van der Waals surface area (Å²) in [4.78, 5) is 22.9. The molecule has 0 aromatic heterocycles.